The van der Waals surface area contributed by atoms with E-state index in [4.69, 9.17) is 4.74 Å². The average Bonchev–Trinajstić information content (AvgIpc) is 2.22. The van der Waals surface area contributed by atoms with E-state index >= 15 is 0 Å². The Bertz CT molecular complexity index is 356. The molecule has 17 heavy (non-hydrogen) atoms. The number of carbonyl (C=O) groups excluding carboxylic acids is 2. The molecule has 0 aromatic heterocycles. The summed E-state index contributed by atoms with van der Waals surface area (Å²) in [7, 11) is 5.13. The molecule has 4 heteroatoms. The number of ketones is 1. The topological polar surface area (TPSA) is 46.6 Å². The zero-order valence-corrected chi connectivity index (χ0v) is 11.2. The van der Waals surface area contributed by atoms with E-state index in [1.54, 1.807) is 6.20 Å². The minimum absolute atomic E-state index is 0.131. The lowest BCUT2D eigenvalue weighted by molar-refractivity contribution is -0.148. The molecule has 0 bridgehead atoms. The number of hydrogen-bond donors (Lipinski definition) is 0. The zero-order chi connectivity index (χ0) is 13.2. The van der Waals surface area contributed by atoms with Gasteiger partial charge in [0.25, 0.3) is 0 Å². The largest absolute Gasteiger partial charge is 0.469 e. The van der Waals surface area contributed by atoms with Crippen LogP contribution in [0.3, 0.4) is 0 Å². The maximum absolute atomic E-state index is 12.2. The van der Waals surface area contributed by atoms with Crippen molar-refractivity contribution in [1.29, 1.82) is 0 Å². The summed E-state index contributed by atoms with van der Waals surface area (Å²) in [5.41, 5.74) is 0.223. The van der Waals surface area contributed by atoms with Gasteiger partial charge in [0, 0.05) is 31.3 Å². The van der Waals surface area contributed by atoms with Crippen molar-refractivity contribution in [3.05, 3.63) is 11.8 Å². The van der Waals surface area contributed by atoms with E-state index in [9.17, 15) is 9.59 Å². The third-order valence-electron chi connectivity index (χ3n) is 3.08. The number of ether oxygens (including phenoxy) is 1. The molecule has 1 fully saturated rings. The van der Waals surface area contributed by atoms with Crippen molar-refractivity contribution >= 4 is 11.8 Å². The van der Waals surface area contributed by atoms with Crippen LogP contribution in [-0.2, 0) is 14.3 Å². The molecule has 1 unspecified atom stereocenters. The van der Waals surface area contributed by atoms with Gasteiger partial charge < -0.3 is 9.64 Å². The van der Waals surface area contributed by atoms with Crippen LogP contribution in [0, 0.1) is 11.3 Å². The predicted molar refractivity (Wildman–Crippen MR) is 65.3 cm³/mol. The molecule has 0 aromatic carbocycles. The number of hydrogen-bond acceptors (Lipinski definition) is 4. The quantitative estimate of drug-likeness (QED) is 0.542. The first kappa shape index (κ1) is 13.7. The maximum Gasteiger partial charge on any atom is 0.309 e. The Morgan fingerprint density at radius 1 is 1.47 bits per heavy atom. The van der Waals surface area contributed by atoms with Crippen LogP contribution in [0.5, 0.6) is 0 Å². The Hall–Kier alpha value is -1.32. The molecule has 0 aromatic rings. The lowest BCUT2D eigenvalue weighted by Gasteiger charge is -2.34. The van der Waals surface area contributed by atoms with Crippen LogP contribution in [0.4, 0.5) is 0 Å². The fourth-order valence-electron chi connectivity index (χ4n) is 2.33. The summed E-state index contributed by atoms with van der Waals surface area (Å²) < 4.78 is 4.78. The summed E-state index contributed by atoms with van der Waals surface area (Å²) in [6.45, 7) is 3.77. The fraction of sp³-hybridized carbons (Fsp3) is 0.692. The van der Waals surface area contributed by atoms with Crippen LogP contribution >= 0.6 is 0 Å². The Morgan fingerprint density at radius 2 is 2.06 bits per heavy atom. The second kappa shape index (κ2) is 4.90. The van der Waals surface area contributed by atoms with Gasteiger partial charge in [-0.15, -0.1) is 0 Å². The van der Waals surface area contributed by atoms with Gasteiger partial charge in [-0.25, -0.2) is 0 Å². The van der Waals surface area contributed by atoms with Gasteiger partial charge in [0.2, 0.25) is 0 Å². The summed E-state index contributed by atoms with van der Waals surface area (Å²) in [5, 5.41) is 0. The summed E-state index contributed by atoms with van der Waals surface area (Å²) in [5.74, 6) is -0.305. The van der Waals surface area contributed by atoms with E-state index in [2.05, 4.69) is 0 Å². The van der Waals surface area contributed by atoms with Gasteiger partial charge in [0.05, 0.1) is 13.0 Å². The minimum Gasteiger partial charge on any atom is -0.469 e. The smallest absolute Gasteiger partial charge is 0.309 e. The molecule has 1 saturated carbocycles. The maximum atomic E-state index is 12.2. The molecule has 0 aliphatic heterocycles. The molecule has 0 heterocycles. The monoisotopic (exact) mass is 239 g/mol. The van der Waals surface area contributed by atoms with Gasteiger partial charge in [-0.05, 0) is 12.8 Å². The molecule has 96 valence electrons. The number of Topliss-reactive ketones (excluding diaryl/α,β-unsaturated/α-hetero) is 1. The van der Waals surface area contributed by atoms with Gasteiger partial charge in [0.15, 0.2) is 5.78 Å². The molecule has 1 aliphatic carbocycles. The van der Waals surface area contributed by atoms with Crippen molar-refractivity contribution in [2.24, 2.45) is 11.3 Å². The van der Waals surface area contributed by atoms with E-state index in [-0.39, 0.29) is 17.7 Å². The highest BCUT2D eigenvalue weighted by atomic mass is 16.5. The highest BCUT2D eigenvalue weighted by Gasteiger charge is 2.41. The molecule has 0 saturated heterocycles. The fourth-order valence-corrected chi connectivity index (χ4v) is 2.33. The van der Waals surface area contributed by atoms with Crippen LogP contribution in [-0.4, -0.2) is 37.9 Å². The minimum atomic E-state index is -0.487. The highest BCUT2D eigenvalue weighted by Crippen LogP contribution is 2.39. The lowest BCUT2D eigenvalue weighted by atomic mass is 9.69. The van der Waals surface area contributed by atoms with E-state index in [0.717, 1.165) is 0 Å². The first-order valence-corrected chi connectivity index (χ1v) is 5.77. The van der Waals surface area contributed by atoms with Crippen LogP contribution < -0.4 is 0 Å². The van der Waals surface area contributed by atoms with Gasteiger partial charge in [0.1, 0.15) is 0 Å². The molecular weight excluding hydrogens is 218 g/mol. The third kappa shape index (κ3) is 3.08. The molecule has 4 nitrogen and oxygen atoms in total. The lowest BCUT2D eigenvalue weighted by Crippen LogP contribution is -2.38. The molecule has 0 amide bonds. The summed E-state index contributed by atoms with van der Waals surface area (Å²) in [4.78, 5) is 25.6. The van der Waals surface area contributed by atoms with E-state index in [1.165, 1.54) is 7.11 Å². The zero-order valence-electron chi connectivity index (χ0n) is 11.2. The number of allylic oxidation sites excluding steroid dienone is 1. The van der Waals surface area contributed by atoms with E-state index < -0.39 is 5.41 Å². The molecule has 1 rings (SSSR count). The summed E-state index contributed by atoms with van der Waals surface area (Å²) >= 11 is 0. The Morgan fingerprint density at radius 3 is 2.53 bits per heavy atom. The molecule has 1 aliphatic rings. The van der Waals surface area contributed by atoms with Crippen molar-refractivity contribution in [3.8, 4) is 0 Å². The van der Waals surface area contributed by atoms with Gasteiger partial charge in [-0.2, -0.15) is 0 Å². The Kier molecular flexibility index (Phi) is 3.96. The summed E-state index contributed by atoms with van der Waals surface area (Å²) in [6.07, 6.45) is 2.84. The molecule has 0 N–H and O–H groups in total. The van der Waals surface area contributed by atoms with Crippen LogP contribution in [0.15, 0.2) is 11.8 Å². The van der Waals surface area contributed by atoms with Gasteiger partial charge in [-0.1, -0.05) is 13.8 Å². The van der Waals surface area contributed by atoms with E-state index in [1.807, 2.05) is 32.8 Å². The summed E-state index contributed by atoms with van der Waals surface area (Å²) in [6, 6.07) is 0. The van der Waals surface area contributed by atoms with Crippen molar-refractivity contribution in [3.63, 3.8) is 0 Å². The number of esters is 1. The Labute approximate surface area is 103 Å². The molecule has 0 radical (unpaired) electrons. The van der Waals surface area contributed by atoms with Crippen molar-refractivity contribution < 1.29 is 14.3 Å². The van der Waals surface area contributed by atoms with Crippen LogP contribution in [0.1, 0.15) is 26.7 Å². The predicted octanol–water partition coefficient (Wildman–Crippen LogP) is 1.61. The number of carbonyl (C=O) groups is 2. The second-order valence-electron chi connectivity index (χ2n) is 5.46. The first-order valence-electron chi connectivity index (χ1n) is 5.77. The van der Waals surface area contributed by atoms with Gasteiger partial charge in [-0.3, -0.25) is 9.59 Å². The van der Waals surface area contributed by atoms with Crippen LogP contribution in [0.2, 0.25) is 0 Å². The number of methoxy groups -OCH3 is 1. The van der Waals surface area contributed by atoms with Crippen molar-refractivity contribution in [1.82, 2.24) is 4.90 Å². The second-order valence-corrected chi connectivity index (χ2v) is 5.46. The highest BCUT2D eigenvalue weighted by molar-refractivity contribution is 6.01. The molecule has 0 spiro atoms. The first-order chi connectivity index (χ1) is 7.77. The van der Waals surface area contributed by atoms with Crippen molar-refractivity contribution in [2.75, 3.05) is 21.2 Å². The van der Waals surface area contributed by atoms with Crippen molar-refractivity contribution in [2.45, 2.75) is 26.7 Å². The third-order valence-corrected chi connectivity index (χ3v) is 3.08. The number of rotatable bonds is 2. The van der Waals surface area contributed by atoms with Gasteiger partial charge >= 0.3 is 5.97 Å². The normalized spacial score (nSPS) is 25.8. The standard InChI is InChI=1S/C13H21NO3/c1-13(2)7-9(12(16)17-5)6-10(11(13)15)8-14(3)4/h8-9H,6-7H2,1-5H3/b10-8-. The van der Waals surface area contributed by atoms with E-state index in [0.29, 0.717) is 18.4 Å². The molecular formula is C13H21NO3. The average molecular weight is 239 g/mol. The Balaban J connectivity index is 3.00. The number of nitrogens with zero attached hydrogens (tertiary/aromatic N) is 1. The molecule has 1 atom stereocenters. The SMILES string of the molecule is COC(=O)C1C/C(=C/N(C)C)C(=O)C(C)(C)C1. The van der Waals surface area contributed by atoms with Crippen LogP contribution in [0.25, 0.3) is 0 Å².